The Morgan fingerprint density at radius 1 is 1.18 bits per heavy atom. The Hall–Kier alpha value is -2.22. The van der Waals surface area contributed by atoms with Gasteiger partial charge in [-0.05, 0) is 37.8 Å². The Labute approximate surface area is 198 Å². The molecule has 0 atom stereocenters. The summed E-state index contributed by atoms with van der Waals surface area (Å²) < 4.78 is 18.6. The fourth-order valence-electron chi connectivity index (χ4n) is 4.43. The lowest BCUT2D eigenvalue weighted by molar-refractivity contribution is -0.151. The van der Waals surface area contributed by atoms with Gasteiger partial charge in [0.2, 0.25) is 5.91 Å². The molecule has 0 radical (unpaired) electrons. The molecule has 1 aliphatic carbocycles. The summed E-state index contributed by atoms with van der Waals surface area (Å²) in [6.07, 6.45) is 8.54. The van der Waals surface area contributed by atoms with Crippen molar-refractivity contribution in [2.75, 3.05) is 34.0 Å². The smallest absolute Gasteiger partial charge is 0.225 e. The number of ether oxygens (including phenoxy) is 3. The zero-order chi connectivity index (χ0) is 23.6. The molecule has 1 aromatic carbocycles. The van der Waals surface area contributed by atoms with Gasteiger partial charge >= 0.3 is 0 Å². The van der Waals surface area contributed by atoms with Gasteiger partial charge in [-0.15, -0.1) is 0 Å². The van der Waals surface area contributed by atoms with Crippen molar-refractivity contribution >= 4 is 5.91 Å². The first-order valence-electron chi connectivity index (χ1n) is 12.0. The number of aromatic nitrogens is 2. The van der Waals surface area contributed by atoms with Gasteiger partial charge in [0, 0.05) is 39.1 Å². The van der Waals surface area contributed by atoms with E-state index in [-0.39, 0.29) is 11.9 Å². The van der Waals surface area contributed by atoms with Gasteiger partial charge in [-0.3, -0.25) is 4.79 Å². The second-order valence-corrected chi connectivity index (χ2v) is 8.84. The van der Waals surface area contributed by atoms with Crippen molar-refractivity contribution in [2.24, 2.45) is 7.05 Å². The molecule has 1 saturated carbocycles. The second-order valence-electron chi connectivity index (χ2n) is 8.84. The predicted octanol–water partition coefficient (Wildman–Crippen LogP) is 4.12. The summed E-state index contributed by atoms with van der Waals surface area (Å²) in [5.41, 5.74) is 3.30. The van der Waals surface area contributed by atoms with Crippen molar-refractivity contribution in [1.29, 1.82) is 0 Å². The lowest BCUT2D eigenvalue weighted by Crippen LogP contribution is -2.46. The van der Waals surface area contributed by atoms with E-state index < -0.39 is 6.29 Å². The highest BCUT2D eigenvalue weighted by molar-refractivity contribution is 5.76. The largest absolute Gasteiger partial charge is 0.381 e. The normalized spacial score (nSPS) is 14.7. The van der Waals surface area contributed by atoms with Crippen molar-refractivity contribution in [1.82, 2.24) is 14.5 Å². The Morgan fingerprint density at radius 3 is 2.61 bits per heavy atom. The van der Waals surface area contributed by atoms with Crippen LogP contribution < -0.4 is 0 Å². The molecular formula is C26H39N3O4. The molecule has 7 heteroatoms. The molecule has 182 valence electrons. The summed E-state index contributed by atoms with van der Waals surface area (Å²) in [5, 5.41) is 0. The first kappa shape index (κ1) is 25.4. The maximum Gasteiger partial charge on any atom is 0.225 e. The Kier molecular flexibility index (Phi) is 9.91. The molecule has 1 aromatic heterocycles. The van der Waals surface area contributed by atoms with E-state index in [0.29, 0.717) is 26.2 Å². The first-order valence-corrected chi connectivity index (χ1v) is 12.0. The lowest BCUT2D eigenvalue weighted by atomic mass is 9.94. The predicted molar refractivity (Wildman–Crippen MR) is 129 cm³/mol. The number of benzene rings is 1. The van der Waals surface area contributed by atoms with Crippen LogP contribution in [0.15, 0.2) is 30.5 Å². The van der Waals surface area contributed by atoms with E-state index in [1.165, 1.54) is 24.8 Å². The molecule has 33 heavy (non-hydrogen) atoms. The van der Waals surface area contributed by atoms with E-state index in [1.807, 2.05) is 29.6 Å². The van der Waals surface area contributed by atoms with E-state index in [9.17, 15) is 4.79 Å². The number of imidazole rings is 1. The minimum atomic E-state index is -0.396. The third kappa shape index (κ3) is 7.39. The van der Waals surface area contributed by atoms with E-state index in [4.69, 9.17) is 14.2 Å². The highest BCUT2D eigenvalue weighted by Crippen LogP contribution is 2.24. The summed E-state index contributed by atoms with van der Waals surface area (Å²) in [5.74, 6) is 1.11. The van der Waals surface area contributed by atoms with Gasteiger partial charge in [-0.25, -0.2) is 4.98 Å². The molecule has 7 nitrogen and oxygen atoms in total. The fraction of sp³-hybridized carbons (Fsp3) is 0.615. The summed E-state index contributed by atoms with van der Waals surface area (Å²) in [6, 6.07) is 8.68. The topological polar surface area (TPSA) is 65.8 Å². The summed E-state index contributed by atoms with van der Waals surface area (Å²) in [4.78, 5) is 19.6. The Morgan fingerprint density at radius 2 is 1.94 bits per heavy atom. The number of carbonyl (C=O) groups excluding carboxylic acids is 1. The molecule has 1 amide bonds. The number of nitrogens with zero attached hydrogens (tertiary/aromatic N) is 3. The van der Waals surface area contributed by atoms with Crippen molar-refractivity contribution < 1.29 is 19.0 Å². The number of hydrogen-bond donors (Lipinski definition) is 0. The van der Waals surface area contributed by atoms with Crippen LogP contribution in [0.25, 0.3) is 11.3 Å². The molecule has 0 spiro atoms. The highest BCUT2D eigenvalue weighted by Gasteiger charge is 2.27. The molecule has 0 aliphatic heterocycles. The van der Waals surface area contributed by atoms with Crippen molar-refractivity contribution in [3.63, 3.8) is 0 Å². The highest BCUT2D eigenvalue weighted by atomic mass is 16.7. The molecule has 0 unspecified atom stereocenters. The van der Waals surface area contributed by atoms with Crippen LogP contribution in [0, 0.1) is 6.92 Å². The van der Waals surface area contributed by atoms with Crippen molar-refractivity contribution in [3.05, 3.63) is 41.9 Å². The maximum absolute atomic E-state index is 13.0. The molecule has 1 aliphatic rings. The van der Waals surface area contributed by atoms with E-state index in [1.54, 1.807) is 14.2 Å². The minimum Gasteiger partial charge on any atom is -0.381 e. The third-order valence-electron chi connectivity index (χ3n) is 6.53. The van der Waals surface area contributed by atoms with Gasteiger partial charge in [0.15, 0.2) is 6.29 Å². The molecular weight excluding hydrogens is 418 g/mol. The molecule has 0 N–H and O–H groups in total. The van der Waals surface area contributed by atoms with Crippen LogP contribution in [0.5, 0.6) is 0 Å². The van der Waals surface area contributed by atoms with Crippen LogP contribution in [0.2, 0.25) is 0 Å². The van der Waals surface area contributed by atoms with Crippen LogP contribution in [0.3, 0.4) is 0 Å². The van der Waals surface area contributed by atoms with E-state index >= 15 is 0 Å². The number of carbonyl (C=O) groups is 1. The van der Waals surface area contributed by atoms with Gasteiger partial charge < -0.3 is 23.7 Å². The fourth-order valence-corrected chi connectivity index (χ4v) is 4.43. The molecule has 0 bridgehead atoms. The van der Waals surface area contributed by atoms with Crippen LogP contribution in [-0.4, -0.2) is 66.7 Å². The number of amides is 1. The van der Waals surface area contributed by atoms with Crippen LogP contribution in [0.4, 0.5) is 0 Å². The average molecular weight is 458 g/mol. The number of aryl methyl sites for hydroxylation is 2. The lowest BCUT2D eigenvalue weighted by Gasteiger charge is -2.36. The van der Waals surface area contributed by atoms with E-state index in [0.717, 1.165) is 36.3 Å². The average Bonchev–Trinajstić information content (AvgIpc) is 3.18. The Balaban J connectivity index is 1.47. The van der Waals surface area contributed by atoms with Gasteiger partial charge in [-0.2, -0.15) is 0 Å². The number of hydrogen-bond acceptors (Lipinski definition) is 5. The maximum atomic E-state index is 13.0. The molecule has 1 heterocycles. The van der Waals surface area contributed by atoms with Gasteiger partial charge in [0.25, 0.3) is 0 Å². The van der Waals surface area contributed by atoms with Crippen LogP contribution in [0.1, 0.15) is 49.9 Å². The Bertz CT molecular complexity index is 853. The monoisotopic (exact) mass is 457 g/mol. The van der Waals surface area contributed by atoms with Crippen LogP contribution >= 0.6 is 0 Å². The molecule has 3 rings (SSSR count). The first-order chi connectivity index (χ1) is 16.0. The third-order valence-corrected chi connectivity index (χ3v) is 6.53. The van der Waals surface area contributed by atoms with Crippen LogP contribution in [-0.2, 0) is 32.5 Å². The van der Waals surface area contributed by atoms with Crippen molar-refractivity contribution in [2.45, 2.75) is 64.2 Å². The summed E-state index contributed by atoms with van der Waals surface area (Å²) >= 11 is 0. The zero-order valence-electron chi connectivity index (χ0n) is 20.6. The quantitative estimate of drug-likeness (QED) is 0.354. The van der Waals surface area contributed by atoms with Gasteiger partial charge in [-0.1, -0.05) is 37.5 Å². The summed E-state index contributed by atoms with van der Waals surface area (Å²) in [6.45, 7) is 3.48. The van der Waals surface area contributed by atoms with E-state index in [2.05, 4.69) is 29.2 Å². The second kappa shape index (κ2) is 12.9. The molecule has 1 fully saturated rings. The molecule has 2 aromatic rings. The SMILES string of the molecule is COC(CN(C(=O)CCOCCc1cccc(-c2cn(C)c(C)n2)c1)C1CCCCC1)OC. The number of rotatable bonds is 12. The van der Waals surface area contributed by atoms with Gasteiger partial charge in [0.05, 0.1) is 31.9 Å². The van der Waals surface area contributed by atoms with Crippen molar-refractivity contribution in [3.8, 4) is 11.3 Å². The van der Waals surface area contributed by atoms with Gasteiger partial charge in [0.1, 0.15) is 5.82 Å². The molecule has 0 saturated heterocycles. The minimum absolute atomic E-state index is 0.119. The number of methoxy groups -OCH3 is 2. The summed E-state index contributed by atoms with van der Waals surface area (Å²) in [7, 11) is 5.24. The standard InChI is InChI=1S/C26H39N3O4/c1-20-27-24(18-28(20)2)22-10-8-9-21(17-22)13-15-33-16-14-25(30)29(19-26(31-3)32-4)23-11-6-5-7-12-23/h8-10,17-18,23,26H,5-7,11-16,19H2,1-4H3. The zero-order valence-corrected chi connectivity index (χ0v) is 20.6.